The average molecular weight is 508 g/mol. The fourth-order valence-electron chi connectivity index (χ4n) is 3.47. The number of nitrogens with two attached hydrogens (primary N) is 2. The Labute approximate surface area is 212 Å². The van der Waals surface area contributed by atoms with Crippen LogP contribution in [-0.2, 0) is 5.41 Å². The number of hydrogen-bond donors (Lipinski definition) is 5. The fraction of sp³-hybridized carbons (Fsp3) is 0.462. The zero-order chi connectivity index (χ0) is 26.2. The van der Waals surface area contributed by atoms with Crippen LogP contribution in [0.1, 0.15) is 37.5 Å². The number of nitrogens with zero attached hydrogens (tertiary/aromatic N) is 1. The first-order valence-electron chi connectivity index (χ1n) is 11.5. The molecule has 0 aliphatic carbocycles. The first-order valence-corrected chi connectivity index (χ1v) is 12.0. The molecule has 0 aromatic heterocycles. The predicted octanol–water partition coefficient (Wildman–Crippen LogP) is 2.40. The highest BCUT2D eigenvalue weighted by atomic mass is 35.5. The van der Waals surface area contributed by atoms with Crippen LogP contribution in [0.5, 0.6) is 11.5 Å². The molecule has 2 aromatic carbocycles. The molecule has 2 rings (SSSR count). The van der Waals surface area contributed by atoms with Crippen molar-refractivity contribution in [2.75, 3.05) is 32.2 Å². The van der Waals surface area contributed by atoms with E-state index in [0.717, 1.165) is 22.4 Å². The zero-order valence-electron chi connectivity index (χ0n) is 20.9. The van der Waals surface area contributed by atoms with Crippen LogP contribution < -0.4 is 21.1 Å². The summed E-state index contributed by atoms with van der Waals surface area (Å²) < 4.78 is 11.4. The molecule has 194 valence electrons. The smallest absolute Gasteiger partial charge is 0.122 e. The molecule has 0 aliphatic heterocycles. The van der Waals surface area contributed by atoms with Crippen LogP contribution in [0.25, 0.3) is 0 Å². The summed E-state index contributed by atoms with van der Waals surface area (Å²) in [7, 11) is 0. The van der Waals surface area contributed by atoms with Gasteiger partial charge in [0.15, 0.2) is 0 Å². The summed E-state index contributed by atoms with van der Waals surface area (Å²) in [5, 5.41) is 30.3. The van der Waals surface area contributed by atoms with Gasteiger partial charge in [-0.3, -0.25) is 0 Å². The van der Waals surface area contributed by atoms with Crippen LogP contribution in [-0.4, -0.2) is 64.8 Å². The number of aliphatic hydroxyl groups excluding tert-OH is 3. The van der Waals surface area contributed by atoms with Crippen molar-refractivity contribution in [3.8, 4) is 11.5 Å². The summed E-state index contributed by atoms with van der Waals surface area (Å²) in [6, 6.07) is 13.8. The number of halogens is 1. The van der Waals surface area contributed by atoms with E-state index in [1.54, 1.807) is 6.92 Å². The zero-order valence-corrected chi connectivity index (χ0v) is 21.6. The highest BCUT2D eigenvalue weighted by Crippen LogP contribution is 2.34. The van der Waals surface area contributed by atoms with Crippen LogP contribution in [0.4, 0.5) is 0 Å². The minimum absolute atomic E-state index is 0.0574. The average Bonchev–Trinajstić information content (AvgIpc) is 2.85. The van der Waals surface area contributed by atoms with Gasteiger partial charge in [0.25, 0.3) is 0 Å². The second-order valence-corrected chi connectivity index (χ2v) is 9.44. The van der Waals surface area contributed by atoms with Gasteiger partial charge in [0.1, 0.15) is 36.9 Å². The Morgan fingerprint density at radius 1 is 1.03 bits per heavy atom. The topological polar surface area (TPSA) is 134 Å². The molecule has 0 bridgehead atoms. The third kappa shape index (κ3) is 8.02. The maximum absolute atomic E-state index is 10.2. The number of aryl methyl sites for hydroxylation is 1. The van der Waals surface area contributed by atoms with Crippen molar-refractivity contribution in [2.45, 2.75) is 45.3 Å². The summed E-state index contributed by atoms with van der Waals surface area (Å²) in [6.45, 7) is 7.95. The highest BCUT2D eigenvalue weighted by molar-refractivity contribution is 6.18. The minimum Gasteiger partial charge on any atom is -0.491 e. The first kappa shape index (κ1) is 28.7. The van der Waals surface area contributed by atoms with E-state index in [2.05, 4.69) is 19.9 Å². The van der Waals surface area contributed by atoms with Gasteiger partial charge in [-0.05, 0) is 48.7 Å². The Bertz CT molecular complexity index is 981. The second-order valence-electron chi connectivity index (χ2n) is 9.13. The van der Waals surface area contributed by atoms with Gasteiger partial charge in [0.05, 0.1) is 24.7 Å². The number of alkyl halides is 1. The largest absolute Gasteiger partial charge is 0.491 e. The molecule has 0 radical (unpaired) electrons. The highest BCUT2D eigenvalue weighted by Gasteiger charge is 2.24. The second kappa shape index (κ2) is 13.0. The van der Waals surface area contributed by atoms with Crippen LogP contribution in [0.3, 0.4) is 0 Å². The molecule has 0 heterocycles. The lowest BCUT2D eigenvalue weighted by atomic mass is 9.77. The monoisotopic (exact) mass is 507 g/mol. The van der Waals surface area contributed by atoms with Gasteiger partial charge in [0.2, 0.25) is 0 Å². The lowest BCUT2D eigenvalue weighted by molar-refractivity contribution is 0.0779. The van der Waals surface area contributed by atoms with Gasteiger partial charge in [-0.1, -0.05) is 38.1 Å². The van der Waals surface area contributed by atoms with Gasteiger partial charge in [-0.25, -0.2) is 5.84 Å². The Balaban J connectivity index is 2.00. The molecule has 2 atom stereocenters. The molecule has 7 N–H and O–H groups in total. The van der Waals surface area contributed by atoms with E-state index in [0.29, 0.717) is 11.4 Å². The van der Waals surface area contributed by atoms with Gasteiger partial charge in [0, 0.05) is 11.1 Å². The van der Waals surface area contributed by atoms with Crippen molar-refractivity contribution in [1.29, 1.82) is 0 Å². The fourth-order valence-corrected chi connectivity index (χ4v) is 3.56. The molecule has 2 unspecified atom stereocenters. The third-order valence-corrected chi connectivity index (χ3v) is 6.35. The molecule has 0 fully saturated rings. The lowest BCUT2D eigenvalue weighted by Crippen LogP contribution is -2.40. The maximum Gasteiger partial charge on any atom is 0.122 e. The van der Waals surface area contributed by atoms with Crippen molar-refractivity contribution in [3.63, 3.8) is 0 Å². The molecule has 0 saturated heterocycles. The van der Waals surface area contributed by atoms with Gasteiger partial charge in [-0.15, -0.1) is 11.6 Å². The third-order valence-electron chi connectivity index (χ3n) is 6.00. The molecule has 8 nitrogen and oxygen atoms in total. The van der Waals surface area contributed by atoms with E-state index in [9.17, 15) is 10.2 Å². The van der Waals surface area contributed by atoms with Crippen molar-refractivity contribution < 1.29 is 24.8 Å². The molecule has 9 heteroatoms. The molecule has 0 aliphatic rings. The Morgan fingerprint density at radius 2 is 1.63 bits per heavy atom. The Hall–Kier alpha value is -2.49. The number of aliphatic hydroxyl groups is 3. The Kier molecular flexibility index (Phi) is 10.7. The van der Waals surface area contributed by atoms with Crippen LogP contribution in [0, 0.1) is 6.92 Å². The van der Waals surface area contributed by atoms with E-state index >= 15 is 0 Å². The normalized spacial score (nSPS) is 14.2. The minimum atomic E-state index is -0.841. The number of hydrazine groups is 1. The number of rotatable bonds is 13. The van der Waals surface area contributed by atoms with Crippen molar-refractivity contribution in [1.82, 2.24) is 5.01 Å². The van der Waals surface area contributed by atoms with E-state index in [1.807, 2.05) is 43.3 Å². The number of ether oxygens (including phenoxy) is 2. The molecular formula is C26H38ClN3O5. The van der Waals surface area contributed by atoms with Crippen molar-refractivity contribution in [3.05, 3.63) is 70.5 Å². The van der Waals surface area contributed by atoms with Crippen LogP contribution in [0.2, 0.25) is 0 Å². The SMILES string of the molecule is C/C(=C(/N)CO)N(N)CC(O)COc1ccc(C(C)(C)c2ccc(OCC(O)CCl)c(C)c2)cc1. The molecule has 0 amide bonds. The molecule has 2 aromatic rings. The van der Waals surface area contributed by atoms with Gasteiger partial charge >= 0.3 is 0 Å². The maximum atomic E-state index is 10.2. The molecule has 0 saturated carbocycles. The number of benzene rings is 2. The van der Waals surface area contributed by atoms with Crippen LogP contribution >= 0.6 is 11.6 Å². The summed E-state index contributed by atoms with van der Waals surface area (Å²) >= 11 is 5.63. The predicted molar refractivity (Wildman–Crippen MR) is 138 cm³/mol. The molecule has 35 heavy (non-hydrogen) atoms. The number of hydrogen-bond acceptors (Lipinski definition) is 8. The van der Waals surface area contributed by atoms with Crippen molar-refractivity contribution in [2.24, 2.45) is 11.6 Å². The van der Waals surface area contributed by atoms with E-state index in [-0.39, 0.29) is 43.4 Å². The summed E-state index contributed by atoms with van der Waals surface area (Å²) in [5.41, 5.74) is 9.35. The van der Waals surface area contributed by atoms with Gasteiger partial charge < -0.3 is 35.5 Å². The number of allylic oxidation sites excluding steroid dienone is 1. The summed E-state index contributed by atoms with van der Waals surface area (Å²) in [5.74, 6) is 7.37. The molecule has 0 spiro atoms. The first-order chi connectivity index (χ1) is 16.5. The standard InChI is InChI=1S/C26H38ClN3O5/c1-17-11-20(7-10-25(17)35-15-21(32)12-27)26(3,4)19-5-8-23(9-6-19)34-16-22(33)13-30(29)18(2)24(28)14-31/h5-11,21-22,31-33H,12-16,28-29H2,1-4H3/b24-18-. The van der Waals surface area contributed by atoms with Gasteiger partial charge in [-0.2, -0.15) is 0 Å². The summed E-state index contributed by atoms with van der Waals surface area (Å²) in [4.78, 5) is 0. The lowest BCUT2D eigenvalue weighted by Gasteiger charge is -2.27. The Morgan fingerprint density at radius 3 is 2.20 bits per heavy atom. The molecular weight excluding hydrogens is 470 g/mol. The van der Waals surface area contributed by atoms with E-state index < -0.39 is 12.2 Å². The summed E-state index contributed by atoms with van der Waals surface area (Å²) in [6.07, 6.45) is -1.54. The van der Waals surface area contributed by atoms with E-state index in [4.69, 9.17) is 37.8 Å². The van der Waals surface area contributed by atoms with Crippen LogP contribution in [0.15, 0.2) is 53.9 Å². The quantitative estimate of drug-likeness (QED) is 0.158. The van der Waals surface area contributed by atoms with Crippen molar-refractivity contribution >= 4 is 11.6 Å². The van der Waals surface area contributed by atoms with E-state index in [1.165, 1.54) is 5.01 Å².